The zero-order chi connectivity index (χ0) is 15.1. The second kappa shape index (κ2) is 9.66. The van der Waals surface area contributed by atoms with Gasteiger partial charge in [-0.05, 0) is 50.6 Å². The highest BCUT2D eigenvalue weighted by Gasteiger charge is 2.22. The van der Waals surface area contributed by atoms with Gasteiger partial charge in [0.05, 0.1) is 13.2 Å². The number of rotatable bonds is 6. The molecule has 0 spiro atoms. The summed E-state index contributed by atoms with van der Waals surface area (Å²) in [7, 11) is 0. The molecule has 1 aliphatic rings. The predicted molar refractivity (Wildman–Crippen MR) is 91.8 cm³/mol. The van der Waals surface area contributed by atoms with E-state index in [-0.39, 0.29) is 18.3 Å². The molecule has 124 valence electrons. The van der Waals surface area contributed by atoms with E-state index in [0.29, 0.717) is 25.7 Å². The Morgan fingerprint density at radius 1 is 1.36 bits per heavy atom. The number of hydrogen-bond donors (Lipinski definition) is 2. The standard InChI is InChI=1S/C16H25N3O2.ClH/c1-2-21-15-8-6-13(7-9-15)18-16(20)12-19-10-4-3-5-14(19)11-17;/h6-9,14H,2-5,10-12,17H2,1H3,(H,18,20);1H. The number of benzene rings is 1. The average molecular weight is 328 g/mol. The number of piperidine rings is 1. The van der Waals surface area contributed by atoms with Gasteiger partial charge in [-0.15, -0.1) is 12.4 Å². The lowest BCUT2D eigenvalue weighted by Crippen LogP contribution is -2.47. The van der Waals surface area contributed by atoms with Crippen molar-refractivity contribution in [1.29, 1.82) is 0 Å². The Morgan fingerprint density at radius 2 is 2.09 bits per heavy atom. The highest BCUT2D eigenvalue weighted by molar-refractivity contribution is 5.92. The fourth-order valence-corrected chi connectivity index (χ4v) is 2.72. The summed E-state index contributed by atoms with van der Waals surface area (Å²) in [6.07, 6.45) is 3.44. The highest BCUT2D eigenvalue weighted by atomic mass is 35.5. The molecule has 1 heterocycles. The minimum Gasteiger partial charge on any atom is -0.494 e. The first-order chi connectivity index (χ1) is 10.2. The van der Waals surface area contributed by atoms with Crippen LogP contribution in [0, 0.1) is 0 Å². The quantitative estimate of drug-likeness (QED) is 0.841. The molecule has 1 amide bonds. The van der Waals surface area contributed by atoms with Crippen molar-refractivity contribution in [3.8, 4) is 5.75 Å². The normalized spacial score (nSPS) is 18.4. The number of carbonyl (C=O) groups is 1. The summed E-state index contributed by atoms with van der Waals surface area (Å²) in [5, 5.41) is 2.93. The Hall–Kier alpha value is -1.30. The van der Waals surface area contributed by atoms with Gasteiger partial charge in [0.1, 0.15) is 5.75 Å². The number of anilines is 1. The van der Waals surface area contributed by atoms with E-state index in [0.717, 1.165) is 30.8 Å². The molecule has 1 unspecified atom stereocenters. The zero-order valence-corrected chi connectivity index (χ0v) is 13.9. The van der Waals surface area contributed by atoms with Gasteiger partial charge in [-0.25, -0.2) is 0 Å². The molecule has 2 rings (SSSR count). The molecule has 1 aromatic carbocycles. The second-order valence-electron chi connectivity index (χ2n) is 5.36. The predicted octanol–water partition coefficient (Wildman–Crippen LogP) is 2.26. The molecule has 1 atom stereocenters. The Bertz CT molecular complexity index is 453. The van der Waals surface area contributed by atoms with Gasteiger partial charge >= 0.3 is 0 Å². The molecule has 1 saturated heterocycles. The summed E-state index contributed by atoms with van der Waals surface area (Å²) in [6, 6.07) is 7.79. The van der Waals surface area contributed by atoms with Crippen LogP contribution in [-0.4, -0.2) is 43.1 Å². The van der Waals surface area contributed by atoms with E-state index in [1.165, 1.54) is 6.42 Å². The maximum absolute atomic E-state index is 12.1. The van der Waals surface area contributed by atoms with Crippen molar-refractivity contribution < 1.29 is 9.53 Å². The molecule has 5 nitrogen and oxygen atoms in total. The molecule has 6 heteroatoms. The molecule has 1 aromatic rings. The van der Waals surface area contributed by atoms with Gasteiger partial charge in [-0.1, -0.05) is 6.42 Å². The first-order valence-electron chi connectivity index (χ1n) is 7.69. The van der Waals surface area contributed by atoms with E-state index in [1.54, 1.807) is 0 Å². The molecule has 0 saturated carbocycles. The van der Waals surface area contributed by atoms with Gasteiger partial charge in [0.25, 0.3) is 0 Å². The first-order valence-corrected chi connectivity index (χ1v) is 7.69. The van der Waals surface area contributed by atoms with E-state index >= 15 is 0 Å². The number of halogens is 1. The lowest BCUT2D eigenvalue weighted by molar-refractivity contribution is -0.118. The van der Waals surface area contributed by atoms with Crippen molar-refractivity contribution >= 4 is 24.0 Å². The summed E-state index contributed by atoms with van der Waals surface area (Å²) in [4.78, 5) is 14.3. The summed E-state index contributed by atoms with van der Waals surface area (Å²) < 4.78 is 5.38. The zero-order valence-electron chi connectivity index (χ0n) is 13.1. The van der Waals surface area contributed by atoms with Gasteiger partial charge in [-0.2, -0.15) is 0 Å². The number of ether oxygens (including phenoxy) is 1. The number of carbonyl (C=O) groups excluding carboxylic acids is 1. The maximum atomic E-state index is 12.1. The molecular formula is C16H26ClN3O2. The van der Waals surface area contributed by atoms with Gasteiger partial charge < -0.3 is 15.8 Å². The molecule has 0 bridgehead atoms. The second-order valence-corrected chi connectivity index (χ2v) is 5.36. The number of nitrogens with zero attached hydrogens (tertiary/aromatic N) is 1. The Labute approximate surface area is 138 Å². The fraction of sp³-hybridized carbons (Fsp3) is 0.562. The summed E-state index contributed by atoms with van der Waals surface area (Å²) in [6.45, 7) is 4.58. The number of nitrogens with one attached hydrogen (secondary N) is 1. The maximum Gasteiger partial charge on any atom is 0.238 e. The summed E-state index contributed by atoms with van der Waals surface area (Å²) in [5.41, 5.74) is 6.58. The Morgan fingerprint density at radius 3 is 2.73 bits per heavy atom. The molecular weight excluding hydrogens is 302 g/mol. The topological polar surface area (TPSA) is 67.6 Å². The molecule has 1 aliphatic heterocycles. The van der Waals surface area contributed by atoms with Crippen LogP contribution < -0.4 is 15.8 Å². The van der Waals surface area contributed by atoms with Crippen LogP contribution >= 0.6 is 12.4 Å². The minimum absolute atomic E-state index is 0. The number of likely N-dealkylation sites (tertiary alicyclic amines) is 1. The van der Waals surface area contributed by atoms with Crippen LogP contribution in [0.2, 0.25) is 0 Å². The van der Waals surface area contributed by atoms with Gasteiger partial charge in [0.15, 0.2) is 0 Å². The van der Waals surface area contributed by atoms with Crippen molar-refractivity contribution in [2.45, 2.75) is 32.2 Å². The van der Waals surface area contributed by atoms with E-state index in [1.807, 2.05) is 31.2 Å². The number of hydrogen-bond acceptors (Lipinski definition) is 4. The fourth-order valence-electron chi connectivity index (χ4n) is 2.72. The highest BCUT2D eigenvalue weighted by Crippen LogP contribution is 2.17. The average Bonchev–Trinajstić information content (AvgIpc) is 2.50. The van der Waals surface area contributed by atoms with Crippen LogP contribution in [0.1, 0.15) is 26.2 Å². The first kappa shape index (κ1) is 18.7. The van der Waals surface area contributed by atoms with Crippen molar-refractivity contribution in [1.82, 2.24) is 4.90 Å². The van der Waals surface area contributed by atoms with Crippen LogP contribution in [0.15, 0.2) is 24.3 Å². The molecule has 22 heavy (non-hydrogen) atoms. The lowest BCUT2D eigenvalue weighted by atomic mass is 10.0. The summed E-state index contributed by atoms with van der Waals surface area (Å²) >= 11 is 0. The largest absolute Gasteiger partial charge is 0.494 e. The lowest BCUT2D eigenvalue weighted by Gasteiger charge is -2.34. The molecule has 3 N–H and O–H groups in total. The summed E-state index contributed by atoms with van der Waals surface area (Å²) in [5.74, 6) is 0.828. The van der Waals surface area contributed by atoms with E-state index in [9.17, 15) is 4.79 Å². The Kier molecular flexibility index (Phi) is 8.24. The van der Waals surface area contributed by atoms with E-state index < -0.39 is 0 Å². The smallest absolute Gasteiger partial charge is 0.238 e. The molecule has 0 aromatic heterocycles. The van der Waals surface area contributed by atoms with Crippen LogP contribution in [0.25, 0.3) is 0 Å². The van der Waals surface area contributed by atoms with Crippen LogP contribution in [-0.2, 0) is 4.79 Å². The minimum atomic E-state index is 0. The third-order valence-electron chi connectivity index (χ3n) is 3.82. The van der Waals surface area contributed by atoms with Crippen LogP contribution in [0.5, 0.6) is 5.75 Å². The van der Waals surface area contributed by atoms with Gasteiger partial charge in [0.2, 0.25) is 5.91 Å². The molecule has 0 radical (unpaired) electrons. The Balaban J connectivity index is 0.00000242. The van der Waals surface area contributed by atoms with Gasteiger partial charge in [-0.3, -0.25) is 9.69 Å². The van der Waals surface area contributed by atoms with E-state index in [2.05, 4.69) is 10.2 Å². The van der Waals surface area contributed by atoms with Crippen molar-refractivity contribution in [2.24, 2.45) is 5.73 Å². The van der Waals surface area contributed by atoms with Crippen molar-refractivity contribution in [2.75, 3.05) is 31.6 Å². The number of amides is 1. The van der Waals surface area contributed by atoms with Crippen molar-refractivity contribution in [3.05, 3.63) is 24.3 Å². The monoisotopic (exact) mass is 327 g/mol. The van der Waals surface area contributed by atoms with Crippen LogP contribution in [0.3, 0.4) is 0 Å². The third kappa shape index (κ3) is 5.48. The molecule has 0 aliphatic carbocycles. The van der Waals surface area contributed by atoms with E-state index in [4.69, 9.17) is 10.5 Å². The van der Waals surface area contributed by atoms with Gasteiger partial charge in [0, 0.05) is 18.3 Å². The third-order valence-corrected chi connectivity index (χ3v) is 3.82. The van der Waals surface area contributed by atoms with Crippen molar-refractivity contribution in [3.63, 3.8) is 0 Å². The number of nitrogens with two attached hydrogens (primary N) is 1. The molecule has 1 fully saturated rings. The van der Waals surface area contributed by atoms with Crippen LogP contribution in [0.4, 0.5) is 5.69 Å². The SMILES string of the molecule is CCOc1ccc(NC(=O)CN2CCCCC2CN)cc1.Cl.